The van der Waals surface area contributed by atoms with E-state index in [1.165, 1.54) is 44.9 Å². The molecule has 0 atom stereocenters. The van der Waals surface area contributed by atoms with E-state index in [-0.39, 0.29) is 0 Å². The first-order valence-corrected chi connectivity index (χ1v) is 6.82. The molecule has 1 rings (SSSR count). The SMILES string of the molecule is C/C=C\CCCC1CCC(I)CC1. The highest BCUT2D eigenvalue weighted by Crippen LogP contribution is 2.31. The van der Waals surface area contributed by atoms with Crippen molar-refractivity contribution in [3.63, 3.8) is 0 Å². The Labute approximate surface area is 96.3 Å². The van der Waals surface area contributed by atoms with Crippen LogP contribution >= 0.6 is 22.6 Å². The quantitative estimate of drug-likeness (QED) is 0.304. The van der Waals surface area contributed by atoms with Crippen molar-refractivity contribution < 1.29 is 0 Å². The third-order valence-corrected chi connectivity index (χ3v) is 4.24. The Bertz CT molecular complexity index is 143. The van der Waals surface area contributed by atoms with Gasteiger partial charge >= 0.3 is 0 Å². The Hall–Kier alpha value is 0.470. The molecular weight excluding hydrogens is 271 g/mol. The van der Waals surface area contributed by atoms with Gasteiger partial charge in [-0.05, 0) is 51.4 Å². The van der Waals surface area contributed by atoms with E-state index in [9.17, 15) is 0 Å². The van der Waals surface area contributed by atoms with Gasteiger partial charge in [-0.25, -0.2) is 0 Å². The maximum absolute atomic E-state index is 2.61. The maximum atomic E-state index is 2.61. The number of allylic oxidation sites excluding steroid dienone is 2. The van der Waals surface area contributed by atoms with Crippen LogP contribution in [0.4, 0.5) is 0 Å². The summed E-state index contributed by atoms with van der Waals surface area (Å²) >= 11 is 2.61. The first-order chi connectivity index (χ1) is 6.33. The van der Waals surface area contributed by atoms with Gasteiger partial charge in [-0.3, -0.25) is 0 Å². The molecule has 1 aliphatic rings. The Morgan fingerprint density at radius 1 is 1.23 bits per heavy atom. The van der Waals surface area contributed by atoms with Gasteiger partial charge in [0.1, 0.15) is 0 Å². The van der Waals surface area contributed by atoms with Gasteiger partial charge in [0.15, 0.2) is 0 Å². The molecule has 0 amide bonds. The number of hydrogen-bond donors (Lipinski definition) is 0. The van der Waals surface area contributed by atoms with E-state index in [1.807, 2.05) is 0 Å². The summed E-state index contributed by atoms with van der Waals surface area (Å²) in [4.78, 5) is 0. The highest BCUT2D eigenvalue weighted by Gasteiger charge is 2.18. The van der Waals surface area contributed by atoms with E-state index in [0.29, 0.717) is 0 Å². The lowest BCUT2D eigenvalue weighted by atomic mass is 9.86. The third-order valence-electron chi connectivity index (χ3n) is 3.00. The van der Waals surface area contributed by atoms with Crippen LogP contribution in [0.3, 0.4) is 0 Å². The van der Waals surface area contributed by atoms with Crippen LogP contribution in [-0.2, 0) is 0 Å². The van der Waals surface area contributed by atoms with Crippen molar-refractivity contribution in [1.82, 2.24) is 0 Å². The summed E-state index contributed by atoms with van der Waals surface area (Å²) in [6.07, 6.45) is 14.5. The number of alkyl halides is 1. The summed E-state index contributed by atoms with van der Waals surface area (Å²) in [7, 11) is 0. The first kappa shape index (κ1) is 11.5. The molecule has 0 aromatic rings. The average Bonchev–Trinajstić information content (AvgIpc) is 2.15. The van der Waals surface area contributed by atoms with Crippen LogP contribution in [0.2, 0.25) is 0 Å². The van der Waals surface area contributed by atoms with Crippen molar-refractivity contribution >= 4 is 22.6 Å². The van der Waals surface area contributed by atoms with Crippen LogP contribution < -0.4 is 0 Å². The first-order valence-electron chi connectivity index (χ1n) is 5.58. The highest BCUT2D eigenvalue weighted by molar-refractivity contribution is 14.1. The van der Waals surface area contributed by atoms with E-state index >= 15 is 0 Å². The van der Waals surface area contributed by atoms with Gasteiger partial charge in [0, 0.05) is 3.92 Å². The normalized spacial score (nSPS) is 29.7. The Kier molecular flexibility index (Phi) is 6.09. The summed E-state index contributed by atoms with van der Waals surface area (Å²) in [5.74, 6) is 1.05. The number of halogens is 1. The zero-order valence-corrected chi connectivity index (χ0v) is 10.8. The fourth-order valence-corrected chi connectivity index (χ4v) is 2.82. The van der Waals surface area contributed by atoms with E-state index in [4.69, 9.17) is 0 Å². The lowest BCUT2D eigenvalue weighted by Crippen LogP contribution is -2.13. The standard InChI is InChI=1S/C12H21I/c1-2-3-4-5-6-11-7-9-12(13)10-8-11/h2-3,11-12H,4-10H2,1H3/b3-2-. The van der Waals surface area contributed by atoms with Gasteiger partial charge in [-0.15, -0.1) is 0 Å². The molecule has 0 saturated heterocycles. The molecule has 0 aromatic carbocycles. The van der Waals surface area contributed by atoms with E-state index in [1.54, 1.807) is 0 Å². The van der Waals surface area contributed by atoms with Crippen LogP contribution in [0.5, 0.6) is 0 Å². The fourth-order valence-electron chi connectivity index (χ4n) is 2.10. The minimum absolute atomic E-state index is 0.976. The van der Waals surface area contributed by atoms with Crippen LogP contribution in [0.25, 0.3) is 0 Å². The summed E-state index contributed by atoms with van der Waals surface area (Å²) in [5.41, 5.74) is 0. The predicted octanol–water partition coefficient (Wildman–Crippen LogP) is 4.73. The molecule has 0 heterocycles. The van der Waals surface area contributed by atoms with Crippen LogP contribution in [0.1, 0.15) is 51.9 Å². The molecule has 76 valence electrons. The van der Waals surface area contributed by atoms with Crippen molar-refractivity contribution in [2.24, 2.45) is 5.92 Å². The summed E-state index contributed by atoms with van der Waals surface area (Å²) < 4.78 is 0.976. The summed E-state index contributed by atoms with van der Waals surface area (Å²) in [6, 6.07) is 0. The third kappa shape index (κ3) is 5.04. The molecule has 13 heavy (non-hydrogen) atoms. The molecule has 1 saturated carbocycles. The second-order valence-corrected chi connectivity index (χ2v) is 5.88. The molecule has 0 spiro atoms. The topological polar surface area (TPSA) is 0 Å². The van der Waals surface area contributed by atoms with Crippen LogP contribution in [0.15, 0.2) is 12.2 Å². The van der Waals surface area contributed by atoms with Crippen LogP contribution in [0, 0.1) is 5.92 Å². The fraction of sp³-hybridized carbons (Fsp3) is 0.833. The van der Waals surface area contributed by atoms with E-state index in [0.717, 1.165) is 9.84 Å². The van der Waals surface area contributed by atoms with E-state index < -0.39 is 0 Å². The van der Waals surface area contributed by atoms with Gasteiger partial charge in [-0.1, -0.05) is 41.2 Å². The lowest BCUT2D eigenvalue weighted by molar-refractivity contribution is 0.344. The minimum Gasteiger partial charge on any atom is -0.0917 e. The van der Waals surface area contributed by atoms with Crippen LogP contribution in [-0.4, -0.2) is 3.92 Å². The van der Waals surface area contributed by atoms with Crippen molar-refractivity contribution in [1.29, 1.82) is 0 Å². The van der Waals surface area contributed by atoms with Gasteiger partial charge in [0.05, 0.1) is 0 Å². The molecule has 1 fully saturated rings. The lowest BCUT2D eigenvalue weighted by Gasteiger charge is -2.24. The van der Waals surface area contributed by atoms with E-state index in [2.05, 4.69) is 41.7 Å². The molecule has 0 N–H and O–H groups in total. The molecule has 0 radical (unpaired) electrons. The van der Waals surface area contributed by atoms with Crippen molar-refractivity contribution in [2.45, 2.75) is 55.8 Å². The van der Waals surface area contributed by atoms with Gasteiger partial charge in [0.25, 0.3) is 0 Å². The van der Waals surface area contributed by atoms with Gasteiger partial charge < -0.3 is 0 Å². The number of rotatable bonds is 4. The average molecular weight is 292 g/mol. The highest BCUT2D eigenvalue weighted by atomic mass is 127. The smallest absolute Gasteiger partial charge is 0.0110 e. The minimum atomic E-state index is 0.976. The summed E-state index contributed by atoms with van der Waals surface area (Å²) in [5, 5.41) is 0. The van der Waals surface area contributed by atoms with Gasteiger partial charge in [0.2, 0.25) is 0 Å². The van der Waals surface area contributed by atoms with Crippen molar-refractivity contribution in [2.75, 3.05) is 0 Å². The molecule has 0 nitrogen and oxygen atoms in total. The molecule has 0 aliphatic heterocycles. The monoisotopic (exact) mass is 292 g/mol. The summed E-state index contributed by atoms with van der Waals surface area (Å²) in [6.45, 7) is 2.11. The largest absolute Gasteiger partial charge is 0.0917 e. The molecular formula is C12H21I. The van der Waals surface area contributed by atoms with Gasteiger partial charge in [-0.2, -0.15) is 0 Å². The molecule has 1 aliphatic carbocycles. The Morgan fingerprint density at radius 2 is 1.92 bits per heavy atom. The van der Waals surface area contributed by atoms with Crippen molar-refractivity contribution in [3.05, 3.63) is 12.2 Å². The zero-order chi connectivity index (χ0) is 9.52. The number of unbranched alkanes of at least 4 members (excludes halogenated alkanes) is 1. The maximum Gasteiger partial charge on any atom is 0.0110 e. The predicted molar refractivity (Wildman–Crippen MR) is 68.4 cm³/mol. The number of hydrogen-bond acceptors (Lipinski definition) is 0. The zero-order valence-electron chi connectivity index (χ0n) is 8.64. The Balaban J connectivity index is 2.02. The second-order valence-electron chi connectivity index (χ2n) is 4.12. The second kappa shape index (κ2) is 6.86. The molecule has 0 bridgehead atoms. The molecule has 0 unspecified atom stereocenters. The molecule has 1 heteroatoms. The Morgan fingerprint density at radius 3 is 2.54 bits per heavy atom. The molecule has 0 aromatic heterocycles. The van der Waals surface area contributed by atoms with Crippen molar-refractivity contribution in [3.8, 4) is 0 Å².